The van der Waals surface area contributed by atoms with Crippen LogP contribution in [0, 0.1) is 5.41 Å². The van der Waals surface area contributed by atoms with E-state index >= 15 is 0 Å². The van der Waals surface area contributed by atoms with Gasteiger partial charge < -0.3 is 15.5 Å². The lowest BCUT2D eigenvalue weighted by Gasteiger charge is -2.34. The summed E-state index contributed by atoms with van der Waals surface area (Å²) in [5.41, 5.74) is -3.12. The summed E-state index contributed by atoms with van der Waals surface area (Å²) < 4.78 is 37.3. The molecule has 0 saturated heterocycles. The monoisotopic (exact) mass is 255 g/mol. The molecule has 3 atom stereocenters. The molecule has 0 aromatic rings. The third-order valence-corrected chi connectivity index (χ3v) is 3.75. The third-order valence-electron chi connectivity index (χ3n) is 3.75. The number of alkyl halides is 3. The fourth-order valence-electron chi connectivity index (χ4n) is 2.19. The normalized spacial score (nSPS) is 33.7. The van der Waals surface area contributed by atoms with E-state index < -0.39 is 18.3 Å². The lowest BCUT2D eigenvalue weighted by atomic mass is 9.85. The zero-order chi connectivity index (χ0) is 13.3. The first-order valence-corrected chi connectivity index (χ1v) is 5.76. The van der Waals surface area contributed by atoms with E-state index in [0.717, 1.165) is 26.2 Å². The second kappa shape index (κ2) is 4.74. The van der Waals surface area contributed by atoms with E-state index in [1.165, 1.54) is 0 Å². The SMILES string of the molecule is CC1(CO)CCCC1NCC(C)(O)C(F)(F)F. The van der Waals surface area contributed by atoms with Crippen LogP contribution in [0.1, 0.15) is 33.1 Å². The van der Waals surface area contributed by atoms with Gasteiger partial charge in [0.1, 0.15) is 0 Å². The van der Waals surface area contributed by atoms with Gasteiger partial charge in [-0.1, -0.05) is 13.3 Å². The molecule has 1 aliphatic carbocycles. The predicted molar refractivity (Wildman–Crippen MR) is 57.5 cm³/mol. The molecule has 0 aromatic carbocycles. The standard InChI is InChI=1S/C11H20F3NO2/c1-9(7-16)5-3-4-8(9)15-6-10(2,17)11(12,13)14/h8,15-17H,3-7H2,1-2H3. The summed E-state index contributed by atoms with van der Waals surface area (Å²) in [7, 11) is 0. The maximum absolute atomic E-state index is 12.4. The molecule has 0 amide bonds. The van der Waals surface area contributed by atoms with Crippen molar-refractivity contribution >= 4 is 0 Å². The zero-order valence-corrected chi connectivity index (χ0v) is 10.1. The Kier molecular flexibility index (Phi) is 4.11. The van der Waals surface area contributed by atoms with Crippen molar-refractivity contribution in [1.29, 1.82) is 0 Å². The summed E-state index contributed by atoms with van der Waals surface area (Å²) in [6, 6.07) is -0.179. The second-order valence-electron chi connectivity index (χ2n) is 5.41. The Balaban J connectivity index is 2.57. The lowest BCUT2D eigenvalue weighted by Crippen LogP contribution is -2.54. The molecule has 17 heavy (non-hydrogen) atoms. The second-order valence-corrected chi connectivity index (χ2v) is 5.41. The molecule has 1 rings (SSSR count). The highest BCUT2D eigenvalue weighted by atomic mass is 19.4. The third kappa shape index (κ3) is 3.11. The topological polar surface area (TPSA) is 52.5 Å². The highest BCUT2D eigenvalue weighted by Gasteiger charge is 2.50. The van der Waals surface area contributed by atoms with Crippen molar-refractivity contribution < 1.29 is 23.4 Å². The summed E-state index contributed by atoms with van der Waals surface area (Å²) in [4.78, 5) is 0. The molecule has 0 bridgehead atoms. The van der Waals surface area contributed by atoms with E-state index in [4.69, 9.17) is 0 Å². The van der Waals surface area contributed by atoms with Crippen molar-refractivity contribution in [3.63, 3.8) is 0 Å². The number of aliphatic hydroxyl groups is 2. The molecule has 3 N–H and O–H groups in total. The van der Waals surface area contributed by atoms with Gasteiger partial charge in [-0.05, 0) is 19.8 Å². The zero-order valence-electron chi connectivity index (χ0n) is 10.1. The Morgan fingerprint density at radius 2 is 2.00 bits per heavy atom. The summed E-state index contributed by atoms with van der Waals surface area (Å²) in [6.07, 6.45) is -2.25. The number of nitrogens with one attached hydrogen (secondary N) is 1. The van der Waals surface area contributed by atoms with Crippen molar-refractivity contribution in [3.05, 3.63) is 0 Å². The molecule has 1 fully saturated rings. The lowest BCUT2D eigenvalue weighted by molar-refractivity contribution is -0.251. The van der Waals surface area contributed by atoms with Crippen molar-refractivity contribution in [1.82, 2.24) is 5.32 Å². The molecule has 0 heterocycles. The van der Waals surface area contributed by atoms with Gasteiger partial charge in [0, 0.05) is 24.6 Å². The molecule has 1 saturated carbocycles. The van der Waals surface area contributed by atoms with Crippen LogP contribution in [-0.4, -0.2) is 41.2 Å². The fourth-order valence-corrected chi connectivity index (χ4v) is 2.19. The van der Waals surface area contributed by atoms with Gasteiger partial charge in [-0.25, -0.2) is 0 Å². The summed E-state index contributed by atoms with van der Waals surface area (Å²) in [5.74, 6) is 0. The van der Waals surface area contributed by atoms with Crippen LogP contribution in [0.4, 0.5) is 13.2 Å². The number of rotatable bonds is 4. The van der Waals surface area contributed by atoms with Gasteiger partial charge in [-0.3, -0.25) is 0 Å². The van der Waals surface area contributed by atoms with Crippen LogP contribution in [0.25, 0.3) is 0 Å². The van der Waals surface area contributed by atoms with E-state index in [9.17, 15) is 23.4 Å². The first-order valence-electron chi connectivity index (χ1n) is 5.76. The van der Waals surface area contributed by atoms with Crippen molar-refractivity contribution in [2.45, 2.75) is 50.9 Å². The minimum absolute atomic E-state index is 0.0567. The average Bonchev–Trinajstić information content (AvgIpc) is 2.56. The number of aliphatic hydroxyl groups excluding tert-OH is 1. The molecule has 102 valence electrons. The summed E-state index contributed by atoms with van der Waals surface area (Å²) >= 11 is 0. The maximum atomic E-state index is 12.4. The molecular weight excluding hydrogens is 235 g/mol. The largest absolute Gasteiger partial charge is 0.418 e. The summed E-state index contributed by atoms with van der Waals surface area (Å²) in [6.45, 7) is 2.00. The van der Waals surface area contributed by atoms with Crippen LogP contribution in [0.5, 0.6) is 0 Å². The smallest absolute Gasteiger partial charge is 0.396 e. The van der Waals surface area contributed by atoms with E-state index in [-0.39, 0.29) is 18.1 Å². The minimum Gasteiger partial charge on any atom is -0.396 e. The van der Waals surface area contributed by atoms with Crippen LogP contribution in [0.3, 0.4) is 0 Å². The van der Waals surface area contributed by atoms with Crippen LogP contribution < -0.4 is 5.32 Å². The van der Waals surface area contributed by atoms with E-state index in [2.05, 4.69) is 5.32 Å². The number of halogens is 3. The van der Waals surface area contributed by atoms with E-state index in [1.54, 1.807) is 0 Å². The van der Waals surface area contributed by atoms with Crippen LogP contribution in [0.2, 0.25) is 0 Å². The van der Waals surface area contributed by atoms with Crippen LogP contribution in [-0.2, 0) is 0 Å². The Morgan fingerprint density at radius 1 is 1.41 bits per heavy atom. The molecule has 0 radical (unpaired) electrons. The Hall–Kier alpha value is -0.330. The van der Waals surface area contributed by atoms with Gasteiger partial charge in [0.2, 0.25) is 0 Å². The quantitative estimate of drug-likeness (QED) is 0.712. The fraction of sp³-hybridized carbons (Fsp3) is 1.00. The maximum Gasteiger partial charge on any atom is 0.418 e. The molecule has 3 nitrogen and oxygen atoms in total. The molecular formula is C11H20F3NO2. The number of hydrogen-bond donors (Lipinski definition) is 3. The highest BCUT2D eigenvalue weighted by molar-refractivity contribution is 4.95. The van der Waals surface area contributed by atoms with Gasteiger partial charge >= 0.3 is 6.18 Å². The van der Waals surface area contributed by atoms with Crippen molar-refractivity contribution in [2.75, 3.05) is 13.2 Å². The van der Waals surface area contributed by atoms with Gasteiger partial charge in [-0.2, -0.15) is 13.2 Å². The molecule has 0 aromatic heterocycles. The van der Waals surface area contributed by atoms with Gasteiger partial charge in [-0.15, -0.1) is 0 Å². The van der Waals surface area contributed by atoms with E-state index in [1.807, 2.05) is 6.92 Å². The molecule has 6 heteroatoms. The Morgan fingerprint density at radius 3 is 2.47 bits per heavy atom. The van der Waals surface area contributed by atoms with Crippen LogP contribution >= 0.6 is 0 Å². The van der Waals surface area contributed by atoms with Gasteiger partial charge in [0.25, 0.3) is 0 Å². The summed E-state index contributed by atoms with van der Waals surface area (Å²) in [5, 5.41) is 21.3. The molecule has 1 aliphatic rings. The average molecular weight is 255 g/mol. The Labute approximate surface area is 99.0 Å². The van der Waals surface area contributed by atoms with Gasteiger partial charge in [0.15, 0.2) is 5.60 Å². The first kappa shape index (κ1) is 14.7. The molecule has 0 spiro atoms. The molecule has 0 aliphatic heterocycles. The van der Waals surface area contributed by atoms with Crippen molar-refractivity contribution in [3.8, 4) is 0 Å². The van der Waals surface area contributed by atoms with Crippen LogP contribution in [0.15, 0.2) is 0 Å². The van der Waals surface area contributed by atoms with E-state index in [0.29, 0.717) is 0 Å². The highest BCUT2D eigenvalue weighted by Crippen LogP contribution is 2.38. The minimum atomic E-state index is -4.64. The molecule has 3 unspecified atom stereocenters. The van der Waals surface area contributed by atoms with Crippen molar-refractivity contribution in [2.24, 2.45) is 5.41 Å². The first-order chi connectivity index (χ1) is 7.62. The predicted octanol–water partition coefficient (Wildman–Crippen LogP) is 1.44. The Bertz CT molecular complexity index is 268. The number of hydrogen-bond acceptors (Lipinski definition) is 3. The van der Waals surface area contributed by atoms with Gasteiger partial charge in [0.05, 0.1) is 0 Å².